The fraction of sp³-hybridized carbons (Fsp3) is 0.941. The molecular formula is C17H28N2O3. The summed E-state index contributed by atoms with van der Waals surface area (Å²) in [6, 6.07) is 0. The zero-order valence-corrected chi connectivity index (χ0v) is 13.4. The maximum absolute atomic E-state index is 12.8. The Kier molecular flexibility index (Phi) is 4.38. The average Bonchev–Trinajstić information content (AvgIpc) is 3.04. The molecule has 3 heterocycles. The Morgan fingerprint density at radius 2 is 1.95 bits per heavy atom. The Labute approximate surface area is 132 Å². The van der Waals surface area contributed by atoms with Gasteiger partial charge in [0.15, 0.2) is 0 Å². The van der Waals surface area contributed by atoms with Gasteiger partial charge in [-0.2, -0.15) is 0 Å². The molecule has 1 amide bonds. The highest BCUT2D eigenvalue weighted by Crippen LogP contribution is 2.36. The summed E-state index contributed by atoms with van der Waals surface area (Å²) in [5, 5.41) is 1.62. The minimum atomic E-state index is 0.0982. The van der Waals surface area contributed by atoms with Gasteiger partial charge in [0.2, 0.25) is 5.91 Å². The summed E-state index contributed by atoms with van der Waals surface area (Å²) in [7, 11) is 0. The van der Waals surface area contributed by atoms with Crippen LogP contribution in [0.15, 0.2) is 0 Å². The predicted molar refractivity (Wildman–Crippen MR) is 82.0 cm³/mol. The first-order valence-corrected chi connectivity index (χ1v) is 9.09. The third-order valence-electron chi connectivity index (χ3n) is 6.01. The molecule has 4 aliphatic rings. The number of hydroxylamine groups is 2. The molecule has 5 nitrogen and oxygen atoms in total. The normalized spacial score (nSPS) is 36.9. The fourth-order valence-corrected chi connectivity index (χ4v) is 4.50. The van der Waals surface area contributed by atoms with Crippen molar-refractivity contribution in [2.24, 2.45) is 17.8 Å². The highest BCUT2D eigenvalue weighted by Gasteiger charge is 2.44. The van der Waals surface area contributed by atoms with Gasteiger partial charge in [0.05, 0.1) is 19.3 Å². The molecule has 4 fully saturated rings. The van der Waals surface area contributed by atoms with Crippen molar-refractivity contribution in [1.82, 2.24) is 9.96 Å². The molecule has 1 saturated carbocycles. The van der Waals surface area contributed by atoms with Crippen LogP contribution in [0.25, 0.3) is 0 Å². The van der Waals surface area contributed by atoms with E-state index in [0.717, 1.165) is 51.4 Å². The maximum atomic E-state index is 12.8. The summed E-state index contributed by atoms with van der Waals surface area (Å²) in [6.07, 6.45) is 7.38. The van der Waals surface area contributed by atoms with Crippen LogP contribution in [0.3, 0.4) is 0 Å². The lowest BCUT2D eigenvalue weighted by Gasteiger charge is -2.46. The summed E-state index contributed by atoms with van der Waals surface area (Å²) in [5.41, 5.74) is 0. The third-order valence-corrected chi connectivity index (χ3v) is 6.01. The lowest BCUT2D eigenvalue weighted by atomic mass is 9.78. The number of nitrogens with zero attached hydrogens (tertiary/aromatic N) is 2. The quantitative estimate of drug-likeness (QED) is 0.795. The molecule has 1 aliphatic carbocycles. The Hall–Kier alpha value is -0.650. The molecule has 3 atom stereocenters. The summed E-state index contributed by atoms with van der Waals surface area (Å²) in [6.45, 7) is 5.58. The van der Waals surface area contributed by atoms with Crippen LogP contribution in [0.4, 0.5) is 0 Å². The van der Waals surface area contributed by atoms with E-state index in [1.807, 2.05) is 0 Å². The maximum Gasteiger partial charge on any atom is 0.249 e. The predicted octanol–water partition coefficient (Wildman–Crippen LogP) is 1.68. The molecular weight excluding hydrogens is 280 g/mol. The SMILES string of the molecule is O=C([C@@H]1CCO[C@@H]2CCN(CC3CCC3)C[C@H]21)N1CCCO1. The molecule has 5 heteroatoms. The third kappa shape index (κ3) is 2.91. The number of carbonyl (C=O) groups is 1. The van der Waals surface area contributed by atoms with Crippen molar-refractivity contribution in [3.05, 3.63) is 0 Å². The molecule has 0 radical (unpaired) electrons. The van der Waals surface area contributed by atoms with Gasteiger partial charge in [0.1, 0.15) is 0 Å². The summed E-state index contributed by atoms with van der Waals surface area (Å²) in [4.78, 5) is 20.9. The Bertz CT molecular complexity index is 407. The van der Waals surface area contributed by atoms with Gasteiger partial charge in [-0.15, -0.1) is 0 Å². The molecule has 0 N–H and O–H groups in total. The minimum Gasteiger partial charge on any atom is -0.378 e. The van der Waals surface area contributed by atoms with Crippen molar-refractivity contribution in [1.29, 1.82) is 0 Å². The number of ether oxygens (including phenoxy) is 1. The first kappa shape index (κ1) is 14.9. The molecule has 0 unspecified atom stereocenters. The number of carbonyl (C=O) groups excluding carboxylic acids is 1. The number of hydrogen-bond acceptors (Lipinski definition) is 4. The van der Waals surface area contributed by atoms with Crippen LogP contribution in [0.1, 0.15) is 38.5 Å². The van der Waals surface area contributed by atoms with E-state index in [2.05, 4.69) is 4.90 Å². The molecule has 0 aromatic carbocycles. The van der Waals surface area contributed by atoms with Crippen molar-refractivity contribution in [3.8, 4) is 0 Å². The van der Waals surface area contributed by atoms with Crippen molar-refractivity contribution in [2.45, 2.75) is 44.6 Å². The molecule has 0 bridgehead atoms. The van der Waals surface area contributed by atoms with Crippen LogP contribution in [-0.4, -0.2) is 61.4 Å². The van der Waals surface area contributed by atoms with E-state index in [0.29, 0.717) is 12.5 Å². The number of piperidine rings is 1. The lowest BCUT2D eigenvalue weighted by Crippen LogP contribution is -2.54. The number of rotatable bonds is 3. The number of fused-ring (bicyclic) bond motifs is 1. The molecule has 22 heavy (non-hydrogen) atoms. The van der Waals surface area contributed by atoms with Gasteiger partial charge in [-0.25, -0.2) is 5.06 Å². The van der Waals surface area contributed by atoms with Gasteiger partial charge in [-0.3, -0.25) is 9.63 Å². The van der Waals surface area contributed by atoms with Crippen molar-refractivity contribution >= 4 is 5.91 Å². The fourth-order valence-electron chi connectivity index (χ4n) is 4.50. The minimum absolute atomic E-state index is 0.0982. The van der Waals surface area contributed by atoms with E-state index in [1.165, 1.54) is 25.8 Å². The van der Waals surface area contributed by atoms with Crippen LogP contribution in [-0.2, 0) is 14.4 Å². The van der Waals surface area contributed by atoms with Crippen LogP contribution in [0.5, 0.6) is 0 Å². The van der Waals surface area contributed by atoms with Crippen LogP contribution >= 0.6 is 0 Å². The van der Waals surface area contributed by atoms with E-state index in [9.17, 15) is 4.79 Å². The Balaban J connectivity index is 1.41. The van der Waals surface area contributed by atoms with E-state index in [1.54, 1.807) is 5.06 Å². The van der Waals surface area contributed by atoms with Gasteiger partial charge in [0.25, 0.3) is 0 Å². The molecule has 124 valence electrons. The van der Waals surface area contributed by atoms with Crippen LogP contribution in [0.2, 0.25) is 0 Å². The molecule has 4 rings (SSSR count). The van der Waals surface area contributed by atoms with Crippen LogP contribution < -0.4 is 0 Å². The second-order valence-corrected chi connectivity index (χ2v) is 7.44. The molecule has 3 saturated heterocycles. The standard InChI is InChI=1S/C17H28N2O3/c20-17(19-7-2-9-22-19)14-6-10-21-16-5-8-18(12-15(14)16)11-13-3-1-4-13/h13-16H,1-12H2/t14-,15+,16-/m1/s1. The Morgan fingerprint density at radius 1 is 1.05 bits per heavy atom. The largest absolute Gasteiger partial charge is 0.378 e. The van der Waals surface area contributed by atoms with E-state index >= 15 is 0 Å². The van der Waals surface area contributed by atoms with E-state index in [-0.39, 0.29) is 17.9 Å². The van der Waals surface area contributed by atoms with Crippen LogP contribution in [0, 0.1) is 17.8 Å². The summed E-state index contributed by atoms with van der Waals surface area (Å²) < 4.78 is 5.98. The van der Waals surface area contributed by atoms with Crippen molar-refractivity contribution in [3.63, 3.8) is 0 Å². The van der Waals surface area contributed by atoms with Gasteiger partial charge in [-0.05, 0) is 38.0 Å². The molecule has 0 spiro atoms. The van der Waals surface area contributed by atoms with E-state index in [4.69, 9.17) is 9.57 Å². The second-order valence-electron chi connectivity index (χ2n) is 7.44. The van der Waals surface area contributed by atoms with Gasteiger partial charge in [0, 0.05) is 38.1 Å². The molecule has 3 aliphatic heterocycles. The number of amides is 1. The van der Waals surface area contributed by atoms with Gasteiger partial charge in [-0.1, -0.05) is 6.42 Å². The first-order chi connectivity index (χ1) is 10.8. The Morgan fingerprint density at radius 3 is 2.68 bits per heavy atom. The average molecular weight is 308 g/mol. The zero-order chi connectivity index (χ0) is 14.9. The zero-order valence-electron chi connectivity index (χ0n) is 13.4. The smallest absolute Gasteiger partial charge is 0.249 e. The summed E-state index contributed by atoms with van der Waals surface area (Å²) in [5.74, 6) is 1.57. The molecule has 0 aromatic heterocycles. The highest BCUT2D eigenvalue weighted by atomic mass is 16.7. The summed E-state index contributed by atoms with van der Waals surface area (Å²) >= 11 is 0. The van der Waals surface area contributed by atoms with Crippen molar-refractivity contribution < 1.29 is 14.4 Å². The highest BCUT2D eigenvalue weighted by molar-refractivity contribution is 5.78. The second kappa shape index (κ2) is 6.46. The topological polar surface area (TPSA) is 42.0 Å². The molecule has 0 aromatic rings. The monoisotopic (exact) mass is 308 g/mol. The van der Waals surface area contributed by atoms with E-state index < -0.39 is 0 Å². The van der Waals surface area contributed by atoms with Crippen molar-refractivity contribution in [2.75, 3.05) is 39.4 Å². The number of hydrogen-bond donors (Lipinski definition) is 0. The first-order valence-electron chi connectivity index (χ1n) is 9.09. The van der Waals surface area contributed by atoms with Gasteiger partial charge < -0.3 is 9.64 Å². The van der Waals surface area contributed by atoms with Gasteiger partial charge >= 0.3 is 0 Å². The number of likely N-dealkylation sites (tertiary alicyclic amines) is 1. The lowest BCUT2D eigenvalue weighted by molar-refractivity contribution is -0.185.